The van der Waals surface area contributed by atoms with Crippen molar-refractivity contribution in [1.29, 1.82) is 5.41 Å². The molecular weight excluding hydrogens is 424 g/mol. The zero-order valence-corrected chi connectivity index (χ0v) is 19.5. The molecule has 9 heteroatoms. The van der Waals surface area contributed by atoms with Crippen molar-refractivity contribution in [3.05, 3.63) is 57.5 Å². The zero-order valence-electron chi connectivity index (χ0n) is 19.5. The second-order valence-electron chi connectivity index (χ2n) is 8.92. The molecule has 0 fully saturated rings. The third kappa shape index (κ3) is 4.63. The molecule has 1 aromatic heterocycles. The minimum atomic E-state index is -1.27. The highest BCUT2D eigenvalue weighted by Gasteiger charge is 2.27. The van der Waals surface area contributed by atoms with Gasteiger partial charge in [-0.1, -0.05) is 0 Å². The average molecular weight is 455 g/mol. The molecule has 33 heavy (non-hydrogen) atoms. The molecular formula is C24H30N4O5. The second-order valence-corrected chi connectivity index (χ2v) is 8.92. The number of carboxylic acid groups (broad SMARTS) is 1. The van der Waals surface area contributed by atoms with E-state index >= 15 is 0 Å². The number of aromatic carboxylic acids is 1. The van der Waals surface area contributed by atoms with Crippen molar-refractivity contribution >= 4 is 17.8 Å². The normalized spacial score (nSPS) is 13.4. The van der Waals surface area contributed by atoms with E-state index in [9.17, 15) is 19.8 Å². The monoisotopic (exact) mass is 454 g/mol. The number of pyridine rings is 1. The van der Waals surface area contributed by atoms with E-state index in [2.05, 4.69) is 5.32 Å². The Labute approximate surface area is 192 Å². The molecule has 0 saturated heterocycles. The van der Waals surface area contributed by atoms with Crippen LogP contribution in [0.5, 0.6) is 5.75 Å². The maximum absolute atomic E-state index is 12.5. The number of ether oxygens (including phenoxy) is 1. The van der Waals surface area contributed by atoms with E-state index in [0.29, 0.717) is 29.1 Å². The highest BCUT2D eigenvalue weighted by atomic mass is 16.5. The summed E-state index contributed by atoms with van der Waals surface area (Å²) in [5.41, 5.74) is 2.08. The van der Waals surface area contributed by atoms with E-state index in [1.165, 1.54) is 25.6 Å². The Kier molecular flexibility index (Phi) is 6.64. The molecule has 0 radical (unpaired) electrons. The van der Waals surface area contributed by atoms with Gasteiger partial charge in [-0.15, -0.1) is 0 Å². The fraction of sp³-hybridized carbons (Fsp3) is 0.375. The van der Waals surface area contributed by atoms with Gasteiger partial charge in [0.2, 0.25) is 0 Å². The molecule has 0 bridgehead atoms. The molecule has 9 nitrogen and oxygen atoms in total. The van der Waals surface area contributed by atoms with Gasteiger partial charge in [0, 0.05) is 47.4 Å². The number of aliphatic hydroxyl groups is 1. The Morgan fingerprint density at radius 3 is 2.55 bits per heavy atom. The van der Waals surface area contributed by atoms with Crippen LogP contribution in [0.3, 0.4) is 0 Å². The Morgan fingerprint density at radius 2 is 2.00 bits per heavy atom. The van der Waals surface area contributed by atoms with E-state index in [1.807, 2.05) is 44.8 Å². The predicted octanol–water partition coefficient (Wildman–Crippen LogP) is 2.43. The largest absolute Gasteiger partial charge is 0.496 e. The number of fused-ring (bicyclic) bond motifs is 3. The van der Waals surface area contributed by atoms with Gasteiger partial charge >= 0.3 is 5.97 Å². The topological polar surface area (TPSA) is 128 Å². The summed E-state index contributed by atoms with van der Waals surface area (Å²) >= 11 is 0. The molecule has 1 aromatic carbocycles. The molecule has 0 atom stereocenters. The lowest BCUT2D eigenvalue weighted by molar-refractivity contribution is 0.0694. The number of allylic oxidation sites excluding steroid dienone is 1. The van der Waals surface area contributed by atoms with Crippen molar-refractivity contribution in [2.75, 3.05) is 18.7 Å². The number of carboxylic acids is 1. The number of hydrogen-bond donors (Lipinski definition) is 4. The predicted molar refractivity (Wildman–Crippen MR) is 128 cm³/mol. The molecule has 3 rings (SSSR count). The summed E-state index contributed by atoms with van der Waals surface area (Å²) in [4.78, 5) is 24.0. The lowest BCUT2D eigenvalue weighted by Crippen LogP contribution is -2.44. The van der Waals surface area contributed by atoms with Gasteiger partial charge in [-0.3, -0.25) is 9.47 Å². The van der Waals surface area contributed by atoms with Crippen molar-refractivity contribution in [2.24, 2.45) is 0 Å². The number of benzene rings is 1. The summed E-state index contributed by atoms with van der Waals surface area (Å²) in [6, 6.07) is 5.10. The van der Waals surface area contributed by atoms with Gasteiger partial charge in [0.25, 0.3) is 0 Å². The molecule has 0 amide bonds. The number of methoxy groups -OCH3 is 1. The summed E-state index contributed by atoms with van der Waals surface area (Å²) in [7, 11) is 1.53. The van der Waals surface area contributed by atoms with Crippen LogP contribution in [0.4, 0.5) is 0 Å². The zero-order chi connectivity index (χ0) is 24.5. The molecule has 0 unspecified atom stereocenters. The Hall–Kier alpha value is -3.59. The number of hydrogen-bond acceptors (Lipinski definition) is 7. The molecule has 0 saturated carbocycles. The third-order valence-corrected chi connectivity index (χ3v) is 5.65. The second kappa shape index (κ2) is 9.11. The first kappa shape index (κ1) is 24.1. The number of aromatic nitrogens is 1. The van der Waals surface area contributed by atoms with Gasteiger partial charge in [0.15, 0.2) is 5.43 Å². The van der Waals surface area contributed by atoms with Crippen molar-refractivity contribution < 1.29 is 19.7 Å². The Balaban J connectivity index is 2.22. The summed E-state index contributed by atoms with van der Waals surface area (Å²) in [5.74, 6) is -0.761. The van der Waals surface area contributed by atoms with Crippen LogP contribution in [0.25, 0.3) is 16.8 Å². The van der Waals surface area contributed by atoms with Crippen molar-refractivity contribution in [3.8, 4) is 17.0 Å². The molecule has 2 heterocycles. The minimum Gasteiger partial charge on any atom is -0.496 e. The minimum absolute atomic E-state index is 0.0244. The highest BCUT2D eigenvalue weighted by molar-refractivity contribution is 6.09. The van der Waals surface area contributed by atoms with Crippen LogP contribution < -0.4 is 20.5 Å². The number of nitrogens with one attached hydrogen (secondary N) is 2. The van der Waals surface area contributed by atoms with Crippen molar-refractivity contribution in [1.82, 2.24) is 9.99 Å². The maximum atomic E-state index is 12.5. The standard InChI is InChI=1S/C24H30N4O5/c1-14(2)27-11-15-6-18(16(9-25)10-26-24(3,4)13-29)22(33-5)7-17(15)20-8-21(30)19(23(31)32)12-28(20)27/h6-10,12,14,25-26,29H,11,13H2,1-5H3,(H,31,32)/b16-10+,25-9?. The van der Waals surface area contributed by atoms with E-state index in [4.69, 9.17) is 10.1 Å². The first-order valence-corrected chi connectivity index (χ1v) is 10.6. The van der Waals surface area contributed by atoms with Gasteiger partial charge < -0.3 is 30.7 Å². The SMILES string of the molecule is COc1cc2c(cc1/C(C=N)=C/NC(C)(C)CO)CN(C(C)C)n1cc(C(=O)O)c(=O)cc1-2. The average Bonchev–Trinajstić information content (AvgIpc) is 2.77. The highest BCUT2D eigenvalue weighted by Crippen LogP contribution is 2.37. The lowest BCUT2D eigenvalue weighted by Gasteiger charge is -2.38. The molecule has 1 aliphatic heterocycles. The van der Waals surface area contributed by atoms with E-state index < -0.39 is 16.9 Å². The Morgan fingerprint density at radius 1 is 1.30 bits per heavy atom. The smallest absolute Gasteiger partial charge is 0.341 e. The summed E-state index contributed by atoms with van der Waals surface area (Å²) in [5, 5.41) is 32.0. The third-order valence-electron chi connectivity index (χ3n) is 5.65. The number of carbonyl (C=O) groups is 1. The number of nitrogens with zero attached hydrogens (tertiary/aromatic N) is 2. The molecule has 4 N–H and O–H groups in total. The number of aliphatic hydroxyl groups excluding tert-OH is 1. The van der Waals surface area contributed by atoms with Crippen LogP contribution in [-0.2, 0) is 6.54 Å². The van der Waals surface area contributed by atoms with Gasteiger partial charge in [-0.05, 0) is 45.4 Å². The van der Waals surface area contributed by atoms with E-state index in [1.54, 1.807) is 10.9 Å². The van der Waals surface area contributed by atoms with Crippen LogP contribution >= 0.6 is 0 Å². The van der Waals surface area contributed by atoms with Crippen LogP contribution in [-0.4, -0.2) is 52.4 Å². The molecule has 1 aliphatic rings. The van der Waals surface area contributed by atoms with E-state index in [-0.39, 0.29) is 18.2 Å². The fourth-order valence-electron chi connectivity index (χ4n) is 3.68. The maximum Gasteiger partial charge on any atom is 0.341 e. The number of rotatable bonds is 8. The van der Waals surface area contributed by atoms with Crippen LogP contribution in [0.2, 0.25) is 0 Å². The molecule has 0 aliphatic carbocycles. The van der Waals surface area contributed by atoms with Gasteiger partial charge in [0.1, 0.15) is 11.3 Å². The molecule has 176 valence electrons. The van der Waals surface area contributed by atoms with Gasteiger partial charge in [-0.2, -0.15) is 0 Å². The fourth-order valence-corrected chi connectivity index (χ4v) is 3.68. The van der Waals surface area contributed by atoms with Crippen molar-refractivity contribution in [2.45, 2.75) is 45.8 Å². The van der Waals surface area contributed by atoms with Crippen molar-refractivity contribution in [3.63, 3.8) is 0 Å². The summed E-state index contributed by atoms with van der Waals surface area (Å²) in [6.45, 7) is 8.05. The first-order valence-electron chi connectivity index (χ1n) is 10.6. The Bertz CT molecular complexity index is 1180. The summed E-state index contributed by atoms with van der Waals surface area (Å²) in [6.07, 6.45) is 4.26. The van der Waals surface area contributed by atoms with Crippen LogP contribution in [0.1, 0.15) is 49.2 Å². The van der Waals surface area contributed by atoms with Crippen LogP contribution in [0.15, 0.2) is 35.4 Å². The van der Waals surface area contributed by atoms with Gasteiger partial charge in [0.05, 0.1) is 31.5 Å². The van der Waals surface area contributed by atoms with Gasteiger partial charge in [-0.25, -0.2) is 4.79 Å². The first-order chi connectivity index (χ1) is 15.5. The quantitative estimate of drug-likeness (QED) is 0.451. The lowest BCUT2D eigenvalue weighted by atomic mass is 9.94. The van der Waals surface area contributed by atoms with E-state index in [0.717, 1.165) is 11.1 Å². The van der Waals surface area contributed by atoms with Crippen LogP contribution in [0, 0.1) is 5.41 Å². The molecule has 0 spiro atoms. The summed E-state index contributed by atoms with van der Waals surface area (Å²) < 4.78 is 7.34. The molecule has 2 aromatic rings.